The van der Waals surface area contributed by atoms with Crippen LogP contribution < -0.4 is 10.6 Å². The van der Waals surface area contributed by atoms with Crippen LogP contribution in [0.4, 0.5) is 5.82 Å². The van der Waals surface area contributed by atoms with Crippen LogP contribution in [0, 0.1) is 0 Å². The normalized spacial score (nSPS) is 13.7. The highest BCUT2D eigenvalue weighted by Gasteiger charge is 2.23. The fourth-order valence-electron chi connectivity index (χ4n) is 2.51. The average molecular weight is 319 g/mol. The van der Waals surface area contributed by atoms with Crippen LogP contribution in [-0.4, -0.2) is 33.4 Å². The van der Waals surface area contributed by atoms with Gasteiger partial charge >= 0.3 is 0 Å². The zero-order valence-electron chi connectivity index (χ0n) is 13.1. The summed E-state index contributed by atoms with van der Waals surface area (Å²) in [6.45, 7) is 0.198. The molecule has 2 N–H and O–H groups in total. The first kappa shape index (κ1) is 14.6. The number of rotatable bonds is 5. The van der Waals surface area contributed by atoms with Gasteiger partial charge in [-0.15, -0.1) is 0 Å². The van der Waals surface area contributed by atoms with Crippen LogP contribution in [0.3, 0.4) is 0 Å². The van der Waals surface area contributed by atoms with Crippen LogP contribution in [-0.2, 0) is 4.79 Å². The number of para-hydroxylation sites is 1. The summed E-state index contributed by atoms with van der Waals surface area (Å²) in [5.74, 6) is 1.24. The number of amides is 1. The molecule has 0 radical (unpaired) electrons. The molecular formula is C18H17N5O. The van der Waals surface area contributed by atoms with Crippen molar-refractivity contribution in [3.63, 3.8) is 0 Å². The number of carbonyl (C=O) groups is 1. The first-order chi connectivity index (χ1) is 11.8. The molecule has 0 unspecified atom stereocenters. The highest BCUT2D eigenvalue weighted by molar-refractivity contribution is 5.92. The highest BCUT2D eigenvalue weighted by atomic mass is 16.2. The van der Waals surface area contributed by atoms with Gasteiger partial charge in [-0.05, 0) is 37.1 Å². The summed E-state index contributed by atoms with van der Waals surface area (Å²) in [5, 5.41) is 7.00. The lowest BCUT2D eigenvalue weighted by atomic mass is 10.2. The summed E-state index contributed by atoms with van der Waals surface area (Å²) in [6.07, 6.45) is 5.60. The molecule has 1 amide bonds. The molecule has 6 heteroatoms. The Labute approximate surface area is 139 Å². The summed E-state index contributed by atoms with van der Waals surface area (Å²) in [6, 6.07) is 11.9. The number of nitrogens with one attached hydrogen (secondary N) is 2. The predicted octanol–water partition coefficient (Wildman–Crippen LogP) is 2.38. The maximum Gasteiger partial charge on any atom is 0.239 e. The lowest BCUT2D eigenvalue weighted by molar-refractivity contribution is -0.119. The van der Waals surface area contributed by atoms with Crippen LogP contribution in [0.1, 0.15) is 12.8 Å². The Kier molecular flexibility index (Phi) is 3.78. The van der Waals surface area contributed by atoms with Crippen molar-refractivity contribution < 1.29 is 4.79 Å². The largest absolute Gasteiger partial charge is 0.360 e. The van der Waals surface area contributed by atoms with Gasteiger partial charge in [-0.25, -0.2) is 9.97 Å². The minimum atomic E-state index is -0.0110. The molecule has 0 atom stereocenters. The second-order valence-electron chi connectivity index (χ2n) is 5.85. The number of carbonyl (C=O) groups excluding carboxylic acids is 1. The Hall–Kier alpha value is -3.02. The van der Waals surface area contributed by atoms with Crippen molar-refractivity contribution in [2.75, 3.05) is 11.9 Å². The van der Waals surface area contributed by atoms with Gasteiger partial charge in [0.15, 0.2) is 5.82 Å². The molecule has 4 rings (SSSR count). The molecule has 2 heterocycles. The maximum absolute atomic E-state index is 11.9. The summed E-state index contributed by atoms with van der Waals surface area (Å²) in [7, 11) is 0. The van der Waals surface area contributed by atoms with E-state index in [1.807, 2.05) is 36.4 Å². The van der Waals surface area contributed by atoms with Crippen molar-refractivity contribution in [1.29, 1.82) is 0 Å². The Balaban J connectivity index is 1.65. The van der Waals surface area contributed by atoms with Crippen molar-refractivity contribution in [3.8, 4) is 11.4 Å². The van der Waals surface area contributed by atoms with E-state index in [2.05, 4.69) is 25.6 Å². The highest BCUT2D eigenvalue weighted by Crippen LogP contribution is 2.24. The number of anilines is 1. The van der Waals surface area contributed by atoms with Crippen LogP contribution in [0.5, 0.6) is 0 Å². The molecule has 3 aromatic rings. The fourth-order valence-corrected chi connectivity index (χ4v) is 2.51. The molecule has 0 spiro atoms. The third-order valence-electron chi connectivity index (χ3n) is 3.88. The minimum absolute atomic E-state index is 0.0110. The fraction of sp³-hybridized carbons (Fsp3) is 0.222. The summed E-state index contributed by atoms with van der Waals surface area (Å²) in [5.41, 5.74) is 1.67. The van der Waals surface area contributed by atoms with E-state index in [0.717, 1.165) is 29.3 Å². The van der Waals surface area contributed by atoms with E-state index in [4.69, 9.17) is 0 Å². The number of benzene rings is 1. The van der Waals surface area contributed by atoms with E-state index in [-0.39, 0.29) is 12.5 Å². The molecule has 0 bridgehead atoms. The molecule has 0 saturated heterocycles. The second-order valence-corrected chi connectivity index (χ2v) is 5.85. The van der Waals surface area contributed by atoms with Crippen molar-refractivity contribution in [2.45, 2.75) is 18.9 Å². The standard InChI is InChI=1S/C18H17N5O/c24-16(21-13-7-8-13)11-20-18-14-5-1-2-6-15(14)22-17(23-18)12-4-3-9-19-10-12/h1-6,9-10,13H,7-8,11H2,(H,21,24)(H,20,22,23). The lowest BCUT2D eigenvalue weighted by Gasteiger charge is -2.11. The van der Waals surface area contributed by atoms with Gasteiger partial charge in [-0.1, -0.05) is 12.1 Å². The third kappa shape index (κ3) is 3.17. The number of fused-ring (bicyclic) bond motifs is 1. The monoisotopic (exact) mass is 319 g/mol. The SMILES string of the molecule is O=C(CNc1nc(-c2cccnc2)nc2ccccc12)NC1CC1. The molecule has 24 heavy (non-hydrogen) atoms. The summed E-state index contributed by atoms with van der Waals surface area (Å²) < 4.78 is 0. The Morgan fingerprint density at radius 2 is 2.00 bits per heavy atom. The van der Waals surface area contributed by atoms with E-state index in [1.165, 1.54) is 0 Å². The predicted molar refractivity (Wildman–Crippen MR) is 92.4 cm³/mol. The van der Waals surface area contributed by atoms with E-state index >= 15 is 0 Å². The van der Waals surface area contributed by atoms with E-state index in [0.29, 0.717) is 17.7 Å². The first-order valence-electron chi connectivity index (χ1n) is 8.00. The van der Waals surface area contributed by atoms with Crippen molar-refractivity contribution in [2.24, 2.45) is 0 Å². The number of nitrogens with zero attached hydrogens (tertiary/aromatic N) is 3. The molecule has 1 aliphatic rings. The van der Waals surface area contributed by atoms with Gasteiger partial charge in [-0.2, -0.15) is 0 Å². The second kappa shape index (κ2) is 6.23. The number of aromatic nitrogens is 3. The molecule has 1 saturated carbocycles. The topological polar surface area (TPSA) is 79.8 Å². The number of pyridine rings is 1. The van der Waals surface area contributed by atoms with Crippen LogP contribution in [0.15, 0.2) is 48.8 Å². The molecule has 120 valence electrons. The van der Waals surface area contributed by atoms with Gasteiger partial charge in [0.05, 0.1) is 12.1 Å². The zero-order valence-corrected chi connectivity index (χ0v) is 13.1. The minimum Gasteiger partial charge on any atom is -0.360 e. The number of hydrogen-bond acceptors (Lipinski definition) is 5. The Morgan fingerprint density at radius 3 is 2.79 bits per heavy atom. The van der Waals surface area contributed by atoms with E-state index in [9.17, 15) is 4.79 Å². The van der Waals surface area contributed by atoms with Gasteiger partial charge in [0.1, 0.15) is 5.82 Å². The van der Waals surface area contributed by atoms with Gasteiger partial charge in [0.25, 0.3) is 0 Å². The quantitative estimate of drug-likeness (QED) is 0.755. The molecular weight excluding hydrogens is 302 g/mol. The van der Waals surface area contributed by atoms with Crippen LogP contribution >= 0.6 is 0 Å². The van der Waals surface area contributed by atoms with Crippen molar-refractivity contribution in [3.05, 3.63) is 48.8 Å². The smallest absolute Gasteiger partial charge is 0.239 e. The molecule has 0 aliphatic heterocycles. The zero-order chi connectivity index (χ0) is 16.4. The van der Waals surface area contributed by atoms with Crippen LogP contribution in [0.2, 0.25) is 0 Å². The molecule has 1 aromatic carbocycles. The van der Waals surface area contributed by atoms with Gasteiger partial charge < -0.3 is 10.6 Å². The molecule has 1 fully saturated rings. The summed E-state index contributed by atoms with van der Waals surface area (Å²) >= 11 is 0. The van der Waals surface area contributed by atoms with Gasteiger partial charge in [-0.3, -0.25) is 9.78 Å². The molecule has 6 nitrogen and oxygen atoms in total. The third-order valence-corrected chi connectivity index (χ3v) is 3.88. The maximum atomic E-state index is 11.9. The molecule has 2 aromatic heterocycles. The molecule has 1 aliphatic carbocycles. The van der Waals surface area contributed by atoms with Crippen molar-refractivity contribution in [1.82, 2.24) is 20.3 Å². The van der Waals surface area contributed by atoms with E-state index < -0.39 is 0 Å². The lowest BCUT2D eigenvalue weighted by Crippen LogP contribution is -2.31. The Bertz CT molecular complexity index is 877. The van der Waals surface area contributed by atoms with Crippen molar-refractivity contribution >= 4 is 22.6 Å². The van der Waals surface area contributed by atoms with Crippen LogP contribution in [0.25, 0.3) is 22.3 Å². The van der Waals surface area contributed by atoms with Gasteiger partial charge in [0.2, 0.25) is 5.91 Å². The number of hydrogen-bond donors (Lipinski definition) is 2. The summed E-state index contributed by atoms with van der Waals surface area (Å²) in [4.78, 5) is 25.2. The Morgan fingerprint density at radius 1 is 1.12 bits per heavy atom. The van der Waals surface area contributed by atoms with Gasteiger partial charge in [0, 0.05) is 29.4 Å². The first-order valence-corrected chi connectivity index (χ1v) is 8.00. The average Bonchev–Trinajstić information content (AvgIpc) is 3.44. The van der Waals surface area contributed by atoms with E-state index in [1.54, 1.807) is 12.4 Å².